The Hall–Kier alpha value is -2.30. The Labute approximate surface area is 166 Å². The van der Waals surface area contributed by atoms with Gasteiger partial charge in [-0.3, -0.25) is 4.90 Å². The van der Waals surface area contributed by atoms with Gasteiger partial charge in [0.1, 0.15) is 18.5 Å². The van der Waals surface area contributed by atoms with Gasteiger partial charge in [0.25, 0.3) is 0 Å². The van der Waals surface area contributed by atoms with Crippen molar-refractivity contribution in [3.8, 4) is 5.75 Å². The largest absolute Gasteiger partial charge is 0.491 e. The van der Waals surface area contributed by atoms with Crippen LogP contribution in [0.5, 0.6) is 5.75 Å². The number of ether oxygens (including phenoxy) is 1. The third-order valence-corrected chi connectivity index (χ3v) is 6.27. The molecular weight excluding hydrogens is 348 g/mol. The Morgan fingerprint density at radius 3 is 2.86 bits per heavy atom. The lowest BCUT2D eigenvalue weighted by molar-refractivity contribution is 0.0375. The number of aryl methyl sites for hydroxylation is 2. The van der Waals surface area contributed by atoms with Gasteiger partial charge in [-0.05, 0) is 56.0 Å². The number of hydrogen-bond acceptors (Lipinski definition) is 3. The van der Waals surface area contributed by atoms with Crippen LogP contribution >= 0.6 is 0 Å². The number of aliphatic hydroxyl groups is 1. The molecule has 2 aromatic carbocycles. The molecule has 1 aliphatic carbocycles. The van der Waals surface area contributed by atoms with Crippen molar-refractivity contribution in [1.82, 2.24) is 9.47 Å². The van der Waals surface area contributed by atoms with Gasteiger partial charge in [0.05, 0.1) is 6.04 Å². The average Bonchev–Trinajstić information content (AvgIpc) is 3.04. The van der Waals surface area contributed by atoms with Crippen LogP contribution in [0.3, 0.4) is 0 Å². The van der Waals surface area contributed by atoms with Crippen molar-refractivity contribution in [2.24, 2.45) is 0 Å². The zero-order valence-corrected chi connectivity index (χ0v) is 16.5. The van der Waals surface area contributed by atoms with E-state index in [4.69, 9.17) is 4.74 Å². The van der Waals surface area contributed by atoms with Crippen LogP contribution in [0.4, 0.5) is 0 Å². The quantitative estimate of drug-likeness (QED) is 0.729. The summed E-state index contributed by atoms with van der Waals surface area (Å²) in [6.45, 7) is 5.16. The van der Waals surface area contributed by atoms with Crippen LogP contribution in [0.2, 0.25) is 0 Å². The van der Waals surface area contributed by atoms with Gasteiger partial charge >= 0.3 is 0 Å². The molecular formula is C24H28N2O2. The fraction of sp³-hybridized carbons (Fsp3) is 0.417. The second-order valence-corrected chi connectivity index (χ2v) is 8.22. The second-order valence-electron chi connectivity index (χ2n) is 8.22. The van der Waals surface area contributed by atoms with Crippen molar-refractivity contribution in [3.05, 3.63) is 65.4 Å². The fourth-order valence-corrected chi connectivity index (χ4v) is 5.04. The van der Waals surface area contributed by atoms with E-state index in [1.165, 1.54) is 47.0 Å². The number of benzene rings is 2. The summed E-state index contributed by atoms with van der Waals surface area (Å²) in [5.41, 5.74) is 5.75. The molecule has 0 saturated carbocycles. The van der Waals surface area contributed by atoms with Crippen LogP contribution < -0.4 is 4.74 Å². The molecule has 3 aromatic rings. The number of β-amino-alcohol motifs (C(OH)–C–C–N with tert-alkyl or cyclic N) is 1. The van der Waals surface area contributed by atoms with Crippen LogP contribution in [0.15, 0.2) is 48.5 Å². The molecule has 0 radical (unpaired) electrons. The number of aromatic nitrogens is 1. The molecule has 146 valence electrons. The predicted octanol–water partition coefficient (Wildman–Crippen LogP) is 4.08. The minimum Gasteiger partial charge on any atom is -0.491 e. The highest BCUT2D eigenvalue weighted by Gasteiger charge is 2.35. The van der Waals surface area contributed by atoms with Crippen LogP contribution in [-0.2, 0) is 13.0 Å². The average molecular weight is 377 g/mol. The van der Waals surface area contributed by atoms with E-state index in [0.29, 0.717) is 19.2 Å². The highest BCUT2D eigenvalue weighted by atomic mass is 16.5. The lowest BCUT2D eigenvalue weighted by Crippen LogP contribution is -2.44. The number of rotatable bonds is 5. The van der Waals surface area contributed by atoms with Crippen LogP contribution in [0, 0.1) is 6.92 Å². The number of aliphatic hydroxyl groups excluding tert-OH is 1. The Morgan fingerprint density at radius 1 is 1.14 bits per heavy atom. The standard InChI is InChI=1S/C24H28N2O2/c1-17-10-11-22-21(14-17)20-8-5-9-23-24(20)26(22)13-12-25(23)15-18(27)16-28-19-6-3-2-4-7-19/h2-4,6-7,10-11,14,18,23,27H,5,8-9,12-13,15-16H2,1H3/t18-,23+/m1/s1. The maximum absolute atomic E-state index is 10.6. The van der Waals surface area contributed by atoms with E-state index >= 15 is 0 Å². The summed E-state index contributed by atoms with van der Waals surface area (Å²) in [5.74, 6) is 0.815. The molecule has 0 bridgehead atoms. The van der Waals surface area contributed by atoms with Crippen molar-refractivity contribution in [2.45, 2.75) is 44.9 Å². The fourth-order valence-electron chi connectivity index (χ4n) is 5.04. The van der Waals surface area contributed by atoms with Gasteiger partial charge < -0.3 is 14.4 Å². The molecule has 4 nitrogen and oxygen atoms in total. The van der Waals surface area contributed by atoms with Crippen molar-refractivity contribution < 1.29 is 9.84 Å². The normalized spacial score (nSPS) is 20.1. The summed E-state index contributed by atoms with van der Waals surface area (Å²) >= 11 is 0. The first-order chi connectivity index (χ1) is 13.7. The molecule has 0 saturated heterocycles. The van der Waals surface area contributed by atoms with E-state index in [1.807, 2.05) is 30.3 Å². The number of para-hydroxylation sites is 1. The van der Waals surface area contributed by atoms with Gasteiger partial charge in [0.2, 0.25) is 0 Å². The highest BCUT2D eigenvalue weighted by molar-refractivity contribution is 5.87. The van der Waals surface area contributed by atoms with Crippen molar-refractivity contribution in [3.63, 3.8) is 0 Å². The van der Waals surface area contributed by atoms with E-state index < -0.39 is 6.10 Å². The Balaban J connectivity index is 1.36. The molecule has 0 fully saturated rings. The maximum Gasteiger partial charge on any atom is 0.119 e. The SMILES string of the molecule is Cc1ccc2c(c1)c1c3n2CCN(C[C@@H](O)COc2ccccc2)[C@H]3CCC1. The number of hydrogen-bond donors (Lipinski definition) is 1. The minimum atomic E-state index is -0.483. The monoisotopic (exact) mass is 376 g/mol. The van der Waals surface area contributed by atoms with E-state index in [-0.39, 0.29) is 0 Å². The minimum absolute atomic E-state index is 0.336. The molecule has 0 spiro atoms. The first kappa shape index (κ1) is 17.8. The van der Waals surface area contributed by atoms with E-state index in [2.05, 4.69) is 34.6 Å². The van der Waals surface area contributed by atoms with Gasteiger partial charge in [0.15, 0.2) is 0 Å². The molecule has 5 rings (SSSR count). The summed E-state index contributed by atoms with van der Waals surface area (Å²) in [5, 5.41) is 12.1. The third kappa shape index (κ3) is 3.11. The predicted molar refractivity (Wildman–Crippen MR) is 112 cm³/mol. The van der Waals surface area contributed by atoms with Crippen molar-refractivity contribution in [2.75, 3.05) is 19.7 Å². The molecule has 1 aromatic heterocycles. The molecule has 2 atom stereocenters. The first-order valence-electron chi connectivity index (χ1n) is 10.4. The third-order valence-electron chi connectivity index (χ3n) is 6.27. The van der Waals surface area contributed by atoms with Gasteiger partial charge in [-0.1, -0.05) is 29.8 Å². The lowest BCUT2D eigenvalue weighted by atomic mass is 9.89. The Kier molecular flexibility index (Phi) is 4.61. The highest BCUT2D eigenvalue weighted by Crippen LogP contribution is 2.42. The van der Waals surface area contributed by atoms with Crippen LogP contribution in [0.1, 0.15) is 35.7 Å². The molecule has 0 unspecified atom stereocenters. The van der Waals surface area contributed by atoms with Gasteiger partial charge in [-0.25, -0.2) is 0 Å². The topological polar surface area (TPSA) is 37.6 Å². The molecule has 2 heterocycles. The van der Waals surface area contributed by atoms with Gasteiger partial charge in [0, 0.05) is 36.2 Å². The summed E-state index contributed by atoms with van der Waals surface area (Å²) in [6, 6.07) is 17.0. The number of fused-ring (bicyclic) bond motifs is 3. The summed E-state index contributed by atoms with van der Waals surface area (Å²) < 4.78 is 8.30. The molecule has 1 aliphatic heterocycles. The van der Waals surface area contributed by atoms with Gasteiger partial charge in [-0.2, -0.15) is 0 Å². The molecule has 2 aliphatic rings. The zero-order chi connectivity index (χ0) is 19.1. The zero-order valence-electron chi connectivity index (χ0n) is 16.5. The molecule has 4 heteroatoms. The molecule has 1 N–H and O–H groups in total. The smallest absolute Gasteiger partial charge is 0.119 e. The maximum atomic E-state index is 10.6. The van der Waals surface area contributed by atoms with E-state index in [1.54, 1.807) is 0 Å². The van der Waals surface area contributed by atoms with Crippen molar-refractivity contribution in [1.29, 1.82) is 0 Å². The Bertz CT molecular complexity index is 979. The number of nitrogens with zero attached hydrogens (tertiary/aromatic N) is 2. The van der Waals surface area contributed by atoms with Crippen molar-refractivity contribution >= 4 is 10.9 Å². The Morgan fingerprint density at radius 2 is 2.00 bits per heavy atom. The van der Waals surface area contributed by atoms with Gasteiger partial charge in [-0.15, -0.1) is 0 Å². The lowest BCUT2D eigenvalue weighted by Gasteiger charge is -2.40. The van der Waals surface area contributed by atoms with E-state index in [0.717, 1.165) is 18.8 Å². The summed E-state index contributed by atoms with van der Waals surface area (Å²) in [7, 11) is 0. The molecule has 28 heavy (non-hydrogen) atoms. The summed E-state index contributed by atoms with van der Waals surface area (Å²) in [6.07, 6.45) is 3.09. The summed E-state index contributed by atoms with van der Waals surface area (Å²) in [4.78, 5) is 2.47. The van der Waals surface area contributed by atoms with E-state index in [9.17, 15) is 5.11 Å². The van der Waals surface area contributed by atoms with Crippen LogP contribution in [-0.4, -0.2) is 40.4 Å². The molecule has 0 amide bonds. The first-order valence-corrected chi connectivity index (χ1v) is 10.4. The second kappa shape index (κ2) is 7.26. The van der Waals surface area contributed by atoms with Crippen LogP contribution in [0.25, 0.3) is 10.9 Å².